The Morgan fingerprint density at radius 1 is 0.667 bits per heavy atom. The van der Waals surface area contributed by atoms with Gasteiger partial charge in [-0.25, -0.2) is 4.39 Å². The standard InChI is InChI=1S/C18H16FN.C12H9N/c19-18-10-17-14(13-3-1-2-4-15(13)18)8-6-11-5-7-12(20)9-16(11)17;1-3-7-11-9(5-1)10-6-2-4-8-12(10)13-11/h1-4,6,8,10,12H,5,7,9,20H2;1-8,13H. The number of aromatic amines is 1. The van der Waals surface area contributed by atoms with Crippen molar-refractivity contribution in [1.82, 2.24) is 4.98 Å². The maximum Gasteiger partial charge on any atom is 0.131 e. The number of para-hydroxylation sites is 2. The van der Waals surface area contributed by atoms with Crippen LogP contribution in [0.15, 0.2) is 91.0 Å². The zero-order valence-corrected chi connectivity index (χ0v) is 18.3. The second kappa shape index (κ2) is 8.02. The van der Waals surface area contributed by atoms with Gasteiger partial charge in [-0.3, -0.25) is 0 Å². The summed E-state index contributed by atoms with van der Waals surface area (Å²) in [5.74, 6) is -0.138. The van der Waals surface area contributed by atoms with E-state index in [0.717, 1.165) is 35.4 Å². The molecule has 7 rings (SSSR count). The van der Waals surface area contributed by atoms with Crippen LogP contribution in [0, 0.1) is 5.82 Å². The highest BCUT2D eigenvalue weighted by molar-refractivity contribution is 6.09. The van der Waals surface area contributed by atoms with Gasteiger partial charge in [-0.15, -0.1) is 0 Å². The summed E-state index contributed by atoms with van der Waals surface area (Å²) in [6.45, 7) is 0. The molecule has 3 heteroatoms. The van der Waals surface area contributed by atoms with Crippen LogP contribution in [0.25, 0.3) is 43.4 Å². The molecule has 3 N–H and O–H groups in total. The molecular formula is C30H25FN2. The maximum atomic E-state index is 14.4. The maximum absolute atomic E-state index is 14.4. The molecular weight excluding hydrogens is 407 g/mol. The second-order valence-corrected chi connectivity index (χ2v) is 8.92. The van der Waals surface area contributed by atoms with E-state index >= 15 is 0 Å². The van der Waals surface area contributed by atoms with Gasteiger partial charge in [-0.05, 0) is 64.7 Å². The van der Waals surface area contributed by atoms with Crippen molar-refractivity contribution in [1.29, 1.82) is 0 Å². The van der Waals surface area contributed by atoms with Gasteiger partial charge in [-0.1, -0.05) is 72.8 Å². The van der Waals surface area contributed by atoms with E-state index < -0.39 is 0 Å². The minimum Gasteiger partial charge on any atom is -0.355 e. The van der Waals surface area contributed by atoms with Crippen molar-refractivity contribution in [2.75, 3.05) is 0 Å². The number of nitrogens with two attached hydrogens (primary N) is 1. The summed E-state index contributed by atoms with van der Waals surface area (Å²) in [7, 11) is 0. The predicted molar refractivity (Wildman–Crippen MR) is 137 cm³/mol. The van der Waals surface area contributed by atoms with Crippen LogP contribution in [0.1, 0.15) is 17.5 Å². The first-order valence-corrected chi connectivity index (χ1v) is 11.5. The number of halogens is 1. The number of benzene rings is 5. The fourth-order valence-corrected chi connectivity index (χ4v) is 5.22. The molecule has 162 valence electrons. The second-order valence-electron chi connectivity index (χ2n) is 8.92. The van der Waals surface area contributed by atoms with Crippen molar-refractivity contribution < 1.29 is 4.39 Å². The molecule has 2 nitrogen and oxygen atoms in total. The largest absolute Gasteiger partial charge is 0.355 e. The lowest BCUT2D eigenvalue weighted by molar-refractivity contribution is 0.579. The van der Waals surface area contributed by atoms with Crippen molar-refractivity contribution in [2.24, 2.45) is 5.73 Å². The zero-order valence-electron chi connectivity index (χ0n) is 18.3. The number of aromatic nitrogens is 1. The predicted octanol–water partition coefficient (Wildman–Crippen LogP) is 7.27. The lowest BCUT2D eigenvalue weighted by Gasteiger charge is -2.23. The van der Waals surface area contributed by atoms with Gasteiger partial charge in [0.25, 0.3) is 0 Å². The van der Waals surface area contributed by atoms with Gasteiger partial charge in [0, 0.05) is 33.2 Å². The molecule has 1 aromatic heterocycles. The smallest absolute Gasteiger partial charge is 0.131 e. The van der Waals surface area contributed by atoms with E-state index in [4.69, 9.17) is 5.73 Å². The fraction of sp³-hybridized carbons (Fsp3) is 0.133. The first-order chi connectivity index (χ1) is 16.2. The molecule has 1 heterocycles. The lowest BCUT2D eigenvalue weighted by Crippen LogP contribution is -2.27. The summed E-state index contributed by atoms with van der Waals surface area (Å²) in [5.41, 5.74) is 11.1. The highest BCUT2D eigenvalue weighted by Gasteiger charge is 2.19. The van der Waals surface area contributed by atoms with Crippen LogP contribution in [-0.2, 0) is 12.8 Å². The number of rotatable bonds is 0. The molecule has 6 aromatic rings. The fourth-order valence-electron chi connectivity index (χ4n) is 5.22. The Labute approximate surface area is 191 Å². The average molecular weight is 433 g/mol. The third-order valence-electron chi connectivity index (χ3n) is 6.86. The van der Waals surface area contributed by atoms with E-state index in [1.54, 1.807) is 6.07 Å². The molecule has 0 radical (unpaired) electrons. The molecule has 0 saturated carbocycles. The Kier molecular flexibility index (Phi) is 4.85. The summed E-state index contributed by atoms with van der Waals surface area (Å²) >= 11 is 0. The Morgan fingerprint density at radius 3 is 1.94 bits per heavy atom. The molecule has 1 aliphatic carbocycles. The van der Waals surface area contributed by atoms with E-state index in [1.165, 1.54) is 32.9 Å². The van der Waals surface area contributed by atoms with Crippen molar-refractivity contribution in [3.8, 4) is 0 Å². The topological polar surface area (TPSA) is 41.8 Å². The number of hydrogen-bond donors (Lipinski definition) is 2. The molecule has 0 saturated heterocycles. The van der Waals surface area contributed by atoms with Gasteiger partial charge in [0.2, 0.25) is 0 Å². The quantitative estimate of drug-likeness (QED) is 0.244. The van der Waals surface area contributed by atoms with E-state index in [9.17, 15) is 4.39 Å². The molecule has 0 aliphatic heterocycles. The van der Waals surface area contributed by atoms with E-state index in [1.807, 2.05) is 24.3 Å². The van der Waals surface area contributed by atoms with Crippen LogP contribution in [0.4, 0.5) is 4.39 Å². The number of H-pyrrole nitrogens is 1. The van der Waals surface area contributed by atoms with Crippen molar-refractivity contribution in [2.45, 2.75) is 25.3 Å². The highest BCUT2D eigenvalue weighted by atomic mass is 19.1. The first kappa shape index (κ1) is 20.0. The molecule has 0 bridgehead atoms. The number of fused-ring (bicyclic) bond motifs is 8. The van der Waals surface area contributed by atoms with Gasteiger partial charge in [0.1, 0.15) is 5.82 Å². The zero-order chi connectivity index (χ0) is 22.4. The molecule has 0 spiro atoms. The Morgan fingerprint density at radius 2 is 1.24 bits per heavy atom. The van der Waals surface area contributed by atoms with Gasteiger partial charge >= 0.3 is 0 Å². The van der Waals surface area contributed by atoms with Crippen LogP contribution in [-0.4, -0.2) is 11.0 Å². The third kappa shape index (κ3) is 3.46. The Bertz CT molecular complexity index is 1580. The molecule has 1 unspecified atom stereocenters. The van der Waals surface area contributed by atoms with Crippen LogP contribution in [0.3, 0.4) is 0 Å². The lowest BCUT2D eigenvalue weighted by atomic mass is 9.84. The van der Waals surface area contributed by atoms with Crippen LogP contribution in [0.2, 0.25) is 0 Å². The Hall–Kier alpha value is -3.69. The van der Waals surface area contributed by atoms with E-state index in [2.05, 4.69) is 65.6 Å². The minimum absolute atomic E-state index is 0.138. The van der Waals surface area contributed by atoms with Gasteiger partial charge < -0.3 is 10.7 Å². The number of hydrogen-bond acceptors (Lipinski definition) is 1. The Balaban J connectivity index is 0.000000137. The van der Waals surface area contributed by atoms with Crippen LogP contribution >= 0.6 is 0 Å². The highest BCUT2D eigenvalue weighted by Crippen LogP contribution is 2.34. The third-order valence-corrected chi connectivity index (χ3v) is 6.86. The monoisotopic (exact) mass is 432 g/mol. The SMILES string of the molecule is NC1CCc2ccc3c(cc(F)c4ccccc43)c2C1.c1ccc2c(c1)[nH]c1ccccc12. The van der Waals surface area contributed by atoms with Crippen molar-refractivity contribution in [3.63, 3.8) is 0 Å². The van der Waals surface area contributed by atoms with Gasteiger partial charge in [0.15, 0.2) is 0 Å². The molecule has 33 heavy (non-hydrogen) atoms. The summed E-state index contributed by atoms with van der Waals surface area (Å²) < 4.78 is 14.4. The molecule has 5 aromatic carbocycles. The summed E-state index contributed by atoms with van der Waals surface area (Å²) in [4.78, 5) is 3.38. The van der Waals surface area contributed by atoms with E-state index in [-0.39, 0.29) is 11.9 Å². The number of nitrogens with one attached hydrogen (secondary N) is 1. The van der Waals surface area contributed by atoms with Gasteiger partial charge in [0.05, 0.1) is 0 Å². The first-order valence-electron chi connectivity index (χ1n) is 11.5. The van der Waals surface area contributed by atoms with Gasteiger partial charge in [-0.2, -0.15) is 0 Å². The average Bonchev–Trinajstić information content (AvgIpc) is 3.23. The summed E-state index contributed by atoms with van der Waals surface area (Å²) in [5, 5.41) is 6.46. The number of aryl methyl sites for hydroxylation is 1. The normalized spacial score (nSPS) is 15.5. The summed E-state index contributed by atoms with van der Waals surface area (Å²) in [6, 6.07) is 30.6. The van der Waals surface area contributed by atoms with Crippen LogP contribution < -0.4 is 5.73 Å². The van der Waals surface area contributed by atoms with E-state index in [0.29, 0.717) is 5.39 Å². The van der Waals surface area contributed by atoms with Crippen molar-refractivity contribution >= 4 is 43.4 Å². The van der Waals surface area contributed by atoms with Crippen molar-refractivity contribution in [3.05, 3.63) is 108 Å². The summed E-state index contributed by atoms with van der Waals surface area (Å²) in [6.07, 6.45) is 2.87. The molecule has 1 aliphatic rings. The minimum atomic E-state index is -0.138. The van der Waals surface area contributed by atoms with Crippen LogP contribution in [0.5, 0.6) is 0 Å². The molecule has 0 amide bonds. The molecule has 1 atom stereocenters. The molecule has 0 fully saturated rings.